The third-order valence-corrected chi connectivity index (χ3v) is 7.83. The topological polar surface area (TPSA) is 100 Å². The maximum Gasteiger partial charge on any atom is 0.309 e. The molecule has 2 N–H and O–H groups in total. The van der Waals surface area contributed by atoms with Crippen LogP contribution in [0.4, 0.5) is 0 Å². The standard InChI is InChI=1S/C22H36N4O4S/c1-3-26-15(2)14-31-22(26)25-24-21(29)19(27)18(16-10-12-30-13-11-16)23-20(28)17-8-6-4-5-7-9-17/h15-18H,3-14H2,1-2H3,(H,23,28)(H,24,29)/t15-,18-/m1/s1. The lowest BCUT2D eigenvalue weighted by molar-refractivity contribution is -0.142. The Bertz CT molecular complexity index is 672. The molecule has 174 valence electrons. The number of hydrogen-bond acceptors (Lipinski definition) is 6. The molecule has 3 fully saturated rings. The van der Waals surface area contributed by atoms with Gasteiger partial charge in [-0.2, -0.15) is 0 Å². The molecule has 2 aliphatic heterocycles. The summed E-state index contributed by atoms with van der Waals surface area (Å²) in [7, 11) is 0. The second kappa shape index (κ2) is 11.9. The Balaban J connectivity index is 1.66. The van der Waals surface area contributed by atoms with Gasteiger partial charge in [0.25, 0.3) is 0 Å². The van der Waals surface area contributed by atoms with Gasteiger partial charge in [0, 0.05) is 37.5 Å². The Kier molecular flexibility index (Phi) is 9.19. The molecule has 0 spiro atoms. The number of ether oxygens (including phenoxy) is 1. The van der Waals surface area contributed by atoms with Gasteiger partial charge in [-0.25, -0.2) is 5.43 Å². The SMILES string of the molecule is CCN1C(=NNC(=O)C(=O)[C@H](NC(=O)C2CCCCCC2)C2CCOCC2)SC[C@H]1C. The van der Waals surface area contributed by atoms with Crippen molar-refractivity contribution >= 4 is 34.5 Å². The van der Waals surface area contributed by atoms with E-state index in [1.165, 1.54) is 0 Å². The summed E-state index contributed by atoms with van der Waals surface area (Å²) in [6, 6.07) is -0.479. The Hall–Kier alpha value is -1.61. The highest BCUT2D eigenvalue weighted by Gasteiger charge is 2.36. The van der Waals surface area contributed by atoms with Crippen molar-refractivity contribution in [1.29, 1.82) is 0 Å². The van der Waals surface area contributed by atoms with Crippen molar-refractivity contribution < 1.29 is 19.1 Å². The van der Waals surface area contributed by atoms with Crippen LogP contribution in [0.3, 0.4) is 0 Å². The van der Waals surface area contributed by atoms with Gasteiger partial charge in [0.2, 0.25) is 11.7 Å². The number of amidine groups is 1. The first-order valence-electron chi connectivity index (χ1n) is 11.7. The Morgan fingerprint density at radius 1 is 1.13 bits per heavy atom. The molecule has 0 bridgehead atoms. The smallest absolute Gasteiger partial charge is 0.309 e. The number of Topliss-reactive ketones (excluding diaryl/α,β-unsaturated/α-hetero) is 1. The number of hydrogen-bond donors (Lipinski definition) is 2. The van der Waals surface area contributed by atoms with Crippen molar-refractivity contribution in [2.45, 2.75) is 77.3 Å². The minimum atomic E-state index is -0.822. The molecule has 2 atom stereocenters. The van der Waals surface area contributed by atoms with Crippen molar-refractivity contribution in [2.75, 3.05) is 25.5 Å². The quantitative estimate of drug-likeness (QED) is 0.349. The first-order valence-corrected chi connectivity index (χ1v) is 12.7. The highest BCUT2D eigenvalue weighted by atomic mass is 32.2. The first-order chi connectivity index (χ1) is 15.0. The minimum Gasteiger partial charge on any atom is -0.381 e. The number of hydrazone groups is 1. The normalized spacial score (nSPS) is 25.8. The molecule has 3 rings (SSSR count). The fourth-order valence-corrected chi connectivity index (χ4v) is 5.81. The van der Waals surface area contributed by atoms with E-state index in [-0.39, 0.29) is 17.7 Å². The van der Waals surface area contributed by atoms with Crippen LogP contribution in [-0.4, -0.2) is 65.3 Å². The molecule has 2 heterocycles. The summed E-state index contributed by atoms with van der Waals surface area (Å²) in [6.07, 6.45) is 7.39. The molecular weight excluding hydrogens is 416 g/mol. The van der Waals surface area contributed by atoms with Gasteiger partial charge in [0.1, 0.15) is 6.04 Å². The third kappa shape index (κ3) is 6.44. The number of nitrogens with zero attached hydrogens (tertiary/aromatic N) is 2. The lowest BCUT2D eigenvalue weighted by Crippen LogP contribution is -2.53. The zero-order valence-electron chi connectivity index (χ0n) is 18.7. The fourth-order valence-electron chi connectivity index (χ4n) is 4.65. The monoisotopic (exact) mass is 452 g/mol. The van der Waals surface area contributed by atoms with E-state index in [2.05, 4.69) is 27.7 Å². The van der Waals surface area contributed by atoms with Gasteiger partial charge in [-0.1, -0.05) is 37.4 Å². The number of carbonyl (C=O) groups is 3. The van der Waals surface area contributed by atoms with Gasteiger partial charge in [0.05, 0.1) is 0 Å². The summed E-state index contributed by atoms with van der Waals surface area (Å²) in [6.45, 7) is 6.01. The average molecular weight is 453 g/mol. The van der Waals surface area contributed by atoms with Crippen LogP contribution in [0.1, 0.15) is 65.2 Å². The van der Waals surface area contributed by atoms with Crippen LogP contribution in [-0.2, 0) is 19.1 Å². The maximum atomic E-state index is 13.1. The molecule has 1 aliphatic carbocycles. The van der Waals surface area contributed by atoms with Crippen molar-refractivity contribution in [3.63, 3.8) is 0 Å². The summed E-state index contributed by atoms with van der Waals surface area (Å²) in [5.41, 5.74) is 2.45. The summed E-state index contributed by atoms with van der Waals surface area (Å²) < 4.78 is 5.42. The van der Waals surface area contributed by atoms with Crippen LogP contribution in [0.25, 0.3) is 0 Å². The zero-order valence-corrected chi connectivity index (χ0v) is 19.5. The van der Waals surface area contributed by atoms with Crippen LogP contribution < -0.4 is 10.7 Å². The predicted molar refractivity (Wildman–Crippen MR) is 122 cm³/mol. The van der Waals surface area contributed by atoms with Crippen LogP contribution in [0, 0.1) is 11.8 Å². The van der Waals surface area contributed by atoms with Crippen LogP contribution >= 0.6 is 11.8 Å². The van der Waals surface area contributed by atoms with E-state index in [1.54, 1.807) is 11.8 Å². The highest BCUT2D eigenvalue weighted by Crippen LogP contribution is 2.25. The Labute approximate surface area is 189 Å². The van der Waals surface area contributed by atoms with Gasteiger partial charge in [-0.3, -0.25) is 14.4 Å². The van der Waals surface area contributed by atoms with Gasteiger partial charge < -0.3 is 15.0 Å². The van der Waals surface area contributed by atoms with Crippen LogP contribution in [0.15, 0.2) is 5.10 Å². The highest BCUT2D eigenvalue weighted by molar-refractivity contribution is 8.14. The van der Waals surface area contributed by atoms with Gasteiger partial charge in [0.15, 0.2) is 5.17 Å². The number of nitrogens with one attached hydrogen (secondary N) is 2. The predicted octanol–water partition coefficient (Wildman–Crippen LogP) is 2.28. The van der Waals surface area contributed by atoms with Crippen LogP contribution in [0.5, 0.6) is 0 Å². The molecule has 8 nitrogen and oxygen atoms in total. The molecule has 9 heteroatoms. The number of rotatable bonds is 7. The summed E-state index contributed by atoms with van der Waals surface area (Å²) in [5.74, 6) is -0.738. The van der Waals surface area contributed by atoms with E-state index in [0.29, 0.717) is 32.1 Å². The van der Waals surface area contributed by atoms with Crippen molar-refractivity contribution in [3.05, 3.63) is 0 Å². The lowest BCUT2D eigenvalue weighted by atomic mass is 9.87. The summed E-state index contributed by atoms with van der Waals surface area (Å²) in [5, 5.41) is 7.88. The number of amides is 2. The molecule has 0 aromatic carbocycles. The molecule has 2 saturated heterocycles. The number of thioether (sulfide) groups is 1. The largest absolute Gasteiger partial charge is 0.381 e. The molecule has 0 unspecified atom stereocenters. The summed E-state index contributed by atoms with van der Waals surface area (Å²) in [4.78, 5) is 40.8. The Morgan fingerprint density at radius 2 is 1.81 bits per heavy atom. The molecule has 3 aliphatic rings. The van der Waals surface area contributed by atoms with E-state index < -0.39 is 17.7 Å². The van der Waals surface area contributed by atoms with E-state index >= 15 is 0 Å². The Morgan fingerprint density at radius 3 is 2.45 bits per heavy atom. The van der Waals surface area contributed by atoms with Gasteiger partial charge >= 0.3 is 5.91 Å². The summed E-state index contributed by atoms with van der Waals surface area (Å²) >= 11 is 1.57. The van der Waals surface area contributed by atoms with Gasteiger partial charge in [-0.05, 0) is 45.4 Å². The molecule has 0 aromatic rings. The molecule has 1 saturated carbocycles. The average Bonchev–Trinajstić information content (AvgIpc) is 2.96. The lowest BCUT2D eigenvalue weighted by Gasteiger charge is -2.30. The van der Waals surface area contributed by atoms with Crippen molar-refractivity contribution in [2.24, 2.45) is 16.9 Å². The van der Waals surface area contributed by atoms with Crippen LogP contribution in [0.2, 0.25) is 0 Å². The van der Waals surface area contributed by atoms with Crippen molar-refractivity contribution in [1.82, 2.24) is 15.6 Å². The first kappa shape index (κ1) is 24.0. The number of ketones is 1. The minimum absolute atomic E-state index is 0.0737. The van der Waals surface area contributed by atoms with E-state index in [9.17, 15) is 14.4 Å². The fraction of sp³-hybridized carbons (Fsp3) is 0.818. The van der Waals surface area contributed by atoms with E-state index in [1.807, 2.05) is 6.92 Å². The zero-order chi connectivity index (χ0) is 22.2. The number of carbonyl (C=O) groups excluding carboxylic acids is 3. The van der Waals surface area contributed by atoms with Crippen molar-refractivity contribution in [3.8, 4) is 0 Å². The molecule has 0 aromatic heterocycles. The molecule has 0 radical (unpaired) electrons. The second-order valence-electron chi connectivity index (χ2n) is 8.77. The van der Waals surface area contributed by atoms with E-state index in [4.69, 9.17) is 4.74 Å². The van der Waals surface area contributed by atoms with Gasteiger partial charge in [-0.15, -0.1) is 5.10 Å². The molecule has 31 heavy (non-hydrogen) atoms. The second-order valence-corrected chi connectivity index (χ2v) is 9.76. The maximum absolute atomic E-state index is 13.1. The van der Waals surface area contributed by atoms with E-state index in [0.717, 1.165) is 56.0 Å². The molecule has 2 amide bonds. The third-order valence-electron chi connectivity index (χ3n) is 6.59. The molecular formula is C22H36N4O4S.